The average molecular weight is 231 g/mol. The Morgan fingerprint density at radius 1 is 1.40 bits per heavy atom. The van der Waals surface area contributed by atoms with Crippen molar-refractivity contribution >= 4 is 12.6 Å². The number of methoxy groups -OCH3 is 1. The first-order valence-electron chi connectivity index (χ1n) is 6.16. The molecule has 0 saturated carbocycles. The number of likely N-dealkylation sites (tertiary alicyclic amines) is 1. The van der Waals surface area contributed by atoms with Gasteiger partial charge in [0.25, 0.3) is 0 Å². The van der Waals surface area contributed by atoms with Crippen LogP contribution in [0.5, 0.6) is 0 Å². The van der Waals surface area contributed by atoms with Gasteiger partial charge in [-0.15, -0.1) is 0 Å². The highest BCUT2D eigenvalue weighted by molar-refractivity contribution is 7.80. The minimum atomic E-state index is 0.502. The SMILES string of the molecule is CCCC(CS)CN1CCC(OC)CC1. The summed E-state index contributed by atoms with van der Waals surface area (Å²) in [7, 11) is 1.83. The minimum Gasteiger partial charge on any atom is -0.381 e. The zero-order chi connectivity index (χ0) is 11.1. The van der Waals surface area contributed by atoms with Gasteiger partial charge in [-0.3, -0.25) is 0 Å². The minimum absolute atomic E-state index is 0.502. The summed E-state index contributed by atoms with van der Waals surface area (Å²) >= 11 is 4.43. The van der Waals surface area contributed by atoms with Crippen molar-refractivity contribution in [3.05, 3.63) is 0 Å². The Bertz CT molecular complexity index is 158. The van der Waals surface area contributed by atoms with Gasteiger partial charge in [-0.2, -0.15) is 12.6 Å². The largest absolute Gasteiger partial charge is 0.381 e. The highest BCUT2D eigenvalue weighted by Gasteiger charge is 2.20. The molecule has 1 atom stereocenters. The van der Waals surface area contributed by atoms with E-state index in [0.29, 0.717) is 6.10 Å². The summed E-state index contributed by atoms with van der Waals surface area (Å²) < 4.78 is 5.38. The van der Waals surface area contributed by atoms with Crippen molar-refractivity contribution in [1.29, 1.82) is 0 Å². The first kappa shape index (κ1) is 13.3. The van der Waals surface area contributed by atoms with Gasteiger partial charge in [0.15, 0.2) is 0 Å². The van der Waals surface area contributed by atoms with Crippen LogP contribution in [-0.4, -0.2) is 43.5 Å². The Labute approximate surface area is 99.8 Å². The second kappa shape index (κ2) is 7.53. The molecule has 1 heterocycles. The Hall–Kier alpha value is 0.270. The molecule has 15 heavy (non-hydrogen) atoms. The molecule has 0 spiro atoms. The fourth-order valence-electron chi connectivity index (χ4n) is 2.34. The number of ether oxygens (including phenoxy) is 1. The van der Waals surface area contributed by atoms with E-state index in [4.69, 9.17) is 4.74 Å². The summed E-state index contributed by atoms with van der Waals surface area (Å²) in [6.45, 7) is 5.89. The lowest BCUT2D eigenvalue weighted by atomic mass is 10.0. The second-order valence-corrected chi connectivity index (χ2v) is 4.94. The molecule has 1 unspecified atom stereocenters. The summed E-state index contributed by atoms with van der Waals surface area (Å²) in [6, 6.07) is 0. The van der Waals surface area contributed by atoms with Crippen LogP contribution in [0.2, 0.25) is 0 Å². The summed E-state index contributed by atoms with van der Waals surface area (Å²) in [5.74, 6) is 1.80. The number of piperidine rings is 1. The number of rotatable bonds is 6. The van der Waals surface area contributed by atoms with Crippen LogP contribution >= 0.6 is 12.6 Å². The molecular formula is C12H25NOS. The third-order valence-electron chi connectivity index (χ3n) is 3.34. The smallest absolute Gasteiger partial charge is 0.0595 e. The van der Waals surface area contributed by atoms with Crippen molar-refractivity contribution < 1.29 is 4.74 Å². The molecule has 0 aromatic carbocycles. The molecular weight excluding hydrogens is 206 g/mol. The van der Waals surface area contributed by atoms with E-state index in [2.05, 4.69) is 24.5 Å². The third kappa shape index (κ3) is 4.75. The molecule has 0 bridgehead atoms. The fourth-order valence-corrected chi connectivity index (χ4v) is 2.64. The highest BCUT2D eigenvalue weighted by atomic mass is 32.1. The van der Waals surface area contributed by atoms with Crippen LogP contribution in [0, 0.1) is 5.92 Å². The van der Waals surface area contributed by atoms with E-state index in [1.54, 1.807) is 0 Å². The standard InChI is InChI=1S/C12H25NOS/c1-3-4-11(10-15)9-13-7-5-12(14-2)6-8-13/h11-12,15H,3-10H2,1-2H3. The van der Waals surface area contributed by atoms with Crippen LogP contribution in [0.1, 0.15) is 32.6 Å². The van der Waals surface area contributed by atoms with E-state index in [9.17, 15) is 0 Å². The van der Waals surface area contributed by atoms with Crippen LogP contribution in [0.15, 0.2) is 0 Å². The molecule has 0 amide bonds. The van der Waals surface area contributed by atoms with Gasteiger partial charge in [0.1, 0.15) is 0 Å². The van der Waals surface area contributed by atoms with E-state index in [0.717, 1.165) is 11.7 Å². The van der Waals surface area contributed by atoms with Gasteiger partial charge in [0, 0.05) is 26.7 Å². The molecule has 0 aromatic rings. The molecule has 0 aromatic heterocycles. The van der Waals surface area contributed by atoms with Gasteiger partial charge in [0.2, 0.25) is 0 Å². The van der Waals surface area contributed by atoms with Crippen LogP contribution in [-0.2, 0) is 4.74 Å². The van der Waals surface area contributed by atoms with Crippen molar-refractivity contribution in [2.24, 2.45) is 5.92 Å². The molecule has 1 aliphatic heterocycles. The molecule has 3 heteroatoms. The summed E-state index contributed by atoms with van der Waals surface area (Å²) in [4.78, 5) is 2.58. The zero-order valence-corrected chi connectivity index (χ0v) is 11.0. The maximum atomic E-state index is 5.38. The van der Waals surface area contributed by atoms with E-state index >= 15 is 0 Å². The lowest BCUT2D eigenvalue weighted by molar-refractivity contribution is 0.0371. The van der Waals surface area contributed by atoms with Gasteiger partial charge in [-0.1, -0.05) is 13.3 Å². The van der Waals surface area contributed by atoms with Crippen molar-refractivity contribution in [3.63, 3.8) is 0 Å². The van der Waals surface area contributed by atoms with Gasteiger partial charge in [0.05, 0.1) is 6.10 Å². The van der Waals surface area contributed by atoms with Crippen molar-refractivity contribution in [2.75, 3.05) is 32.5 Å². The highest BCUT2D eigenvalue weighted by Crippen LogP contribution is 2.16. The predicted octanol–water partition coefficient (Wildman–Crippen LogP) is 2.44. The Morgan fingerprint density at radius 2 is 2.07 bits per heavy atom. The molecule has 1 fully saturated rings. The van der Waals surface area contributed by atoms with E-state index in [-0.39, 0.29) is 0 Å². The second-order valence-electron chi connectivity index (χ2n) is 4.57. The fraction of sp³-hybridized carbons (Fsp3) is 1.00. The first-order chi connectivity index (χ1) is 7.30. The van der Waals surface area contributed by atoms with E-state index < -0.39 is 0 Å². The molecule has 90 valence electrons. The maximum Gasteiger partial charge on any atom is 0.0595 e. The van der Waals surface area contributed by atoms with Crippen molar-refractivity contribution in [3.8, 4) is 0 Å². The molecule has 0 aliphatic carbocycles. The molecule has 2 nitrogen and oxygen atoms in total. The molecule has 1 rings (SSSR count). The van der Waals surface area contributed by atoms with Gasteiger partial charge < -0.3 is 9.64 Å². The van der Waals surface area contributed by atoms with Crippen LogP contribution in [0.4, 0.5) is 0 Å². The number of thiol groups is 1. The summed E-state index contributed by atoms with van der Waals surface area (Å²) in [5, 5.41) is 0. The molecule has 1 aliphatic rings. The van der Waals surface area contributed by atoms with Crippen LogP contribution < -0.4 is 0 Å². The number of nitrogens with zero attached hydrogens (tertiary/aromatic N) is 1. The normalized spacial score (nSPS) is 21.8. The Morgan fingerprint density at radius 3 is 2.53 bits per heavy atom. The van der Waals surface area contributed by atoms with Crippen LogP contribution in [0.3, 0.4) is 0 Å². The molecule has 1 saturated heterocycles. The lowest BCUT2D eigenvalue weighted by Crippen LogP contribution is -2.39. The van der Waals surface area contributed by atoms with Gasteiger partial charge in [-0.25, -0.2) is 0 Å². The number of hydrogen-bond donors (Lipinski definition) is 1. The topological polar surface area (TPSA) is 12.5 Å². The maximum absolute atomic E-state index is 5.38. The van der Waals surface area contributed by atoms with E-state index in [1.165, 1.54) is 45.3 Å². The summed E-state index contributed by atoms with van der Waals surface area (Å²) in [5.41, 5.74) is 0. The van der Waals surface area contributed by atoms with Crippen molar-refractivity contribution in [2.45, 2.75) is 38.7 Å². The van der Waals surface area contributed by atoms with E-state index in [1.807, 2.05) is 7.11 Å². The van der Waals surface area contributed by atoms with Gasteiger partial charge in [-0.05, 0) is 30.9 Å². The summed E-state index contributed by atoms with van der Waals surface area (Å²) in [6.07, 6.45) is 5.49. The van der Waals surface area contributed by atoms with Crippen LogP contribution in [0.25, 0.3) is 0 Å². The quantitative estimate of drug-likeness (QED) is 0.705. The molecule has 0 radical (unpaired) electrons. The number of hydrogen-bond acceptors (Lipinski definition) is 3. The molecule has 0 N–H and O–H groups in total. The average Bonchev–Trinajstić information content (AvgIpc) is 2.29. The zero-order valence-electron chi connectivity index (χ0n) is 10.1. The predicted molar refractivity (Wildman–Crippen MR) is 68.7 cm³/mol. The Kier molecular flexibility index (Phi) is 6.69. The first-order valence-corrected chi connectivity index (χ1v) is 6.79. The Balaban J connectivity index is 2.21. The van der Waals surface area contributed by atoms with Gasteiger partial charge >= 0.3 is 0 Å². The lowest BCUT2D eigenvalue weighted by Gasteiger charge is -2.33. The van der Waals surface area contributed by atoms with Crippen molar-refractivity contribution in [1.82, 2.24) is 4.90 Å². The third-order valence-corrected chi connectivity index (χ3v) is 3.86. The monoisotopic (exact) mass is 231 g/mol.